The molecule has 5 nitrogen and oxygen atoms in total. The number of fused-ring (bicyclic) bond motifs is 2. The van der Waals surface area contributed by atoms with Gasteiger partial charge >= 0.3 is 0 Å². The lowest BCUT2D eigenvalue weighted by Gasteiger charge is -2.22. The van der Waals surface area contributed by atoms with Gasteiger partial charge in [-0.15, -0.1) is 0 Å². The number of pyridine rings is 1. The van der Waals surface area contributed by atoms with Gasteiger partial charge in [-0.3, -0.25) is 9.78 Å². The Kier molecular flexibility index (Phi) is 4.62. The number of aromatic nitrogens is 1. The fraction of sp³-hybridized carbons (Fsp3) is 0.238. The van der Waals surface area contributed by atoms with Crippen molar-refractivity contribution in [2.45, 2.75) is 20.4 Å². The van der Waals surface area contributed by atoms with Crippen molar-refractivity contribution >= 4 is 28.4 Å². The first-order valence-electron chi connectivity index (χ1n) is 8.80. The summed E-state index contributed by atoms with van der Waals surface area (Å²) < 4.78 is 10.8. The quantitative estimate of drug-likeness (QED) is 0.662. The Morgan fingerprint density at radius 1 is 1.15 bits per heavy atom. The predicted octanol–water partition coefficient (Wildman–Crippen LogP) is 4.59. The predicted molar refractivity (Wildman–Crippen MR) is 104 cm³/mol. The van der Waals surface area contributed by atoms with Gasteiger partial charge < -0.3 is 14.4 Å². The molecular formula is C21H19ClN2O3. The summed E-state index contributed by atoms with van der Waals surface area (Å²) in [5, 5.41) is 1.48. The van der Waals surface area contributed by atoms with Crippen LogP contribution in [0.1, 0.15) is 28.5 Å². The van der Waals surface area contributed by atoms with E-state index >= 15 is 0 Å². The zero-order valence-electron chi connectivity index (χ0n) is 15.2. The molecule has 0 saturated heterocycles. The first-order valence-corrected chi connectivity index (χ1v) is 9.17. The number of nitrogens with zero attached hydrogens (tertiary/aromatic N) is 2. The molecule has 3 aromatic rings. The second-order valence-electron chi connectivity index (χ2n) is 6.47. The number of ether oxygens (including phenoxy) is 2. The van der Waals surface area contributed by atoms with Gasteiger partial charge in [-0.1, -0.05) is 17.7 Å². The van der Waals surface area contributed by atoms with E-state index in [4.69, 9.17) is 21.1 Å². The largest absolute Gasteiger partial charge is 0.454 e. The first kappa shape index (κ1) is 17.6. The molecule has 0 radical (unpaired) electrons. The third-order valence-corrected chi connectivity index (χ3v) is 4.91. The highest BCUT2D eigenvalue weighted by atomic mass is 35.5. The lowest BCUT2D eigenvalue weighted by atomic mass is 10.1. The van der Waals surface area contributed by atoms with Crippen molar-refractivity contribution in [1.29, 1.82) is 0 Å². The van der Waals surface area contributed by atoms with Crippen molar-refractivity contribution in [3.05, 3.63) is 64.3 Å². The summed E-state index contributed by atoms with van der Waals surface area (Å²) in [6.07, 6.45) is 0. The van der Waals surface area contributed by atoms with Crippen LogP contribution in [0.2, 0.25) is 5.02 Å². The highest BCUT2D eigenvalue weighted by Gasteiger charge is 2.20. The third kappa shape index (κ3) is 3.43. The molecule has 0 fully saturated rings. The molecule has 1 aliphatic rings. The summed E-state index contributed by atoms with van der Waals surface area (Å²) in [5.74, 6) is 1.40. The van der Waals surface area contributed by atoms with E-state index in [1.54, 1.807) is 11.0 Å². The van der Waals surface area contributed by atoms with Gasteiger partial charge in [-0.05, 0) is 55.8 Å². The molecule has 138 valence electrons. The van der Waals surface area contributed by atoms with Gasteiger partial charge in [0.05, 0.1) is 16.8 Å². The van der Waals surface area contributed by atoms with E-state index in [-0.39, 0.29) is 12.7 Å². The van der Waals surface area contributed by atoms with E-state index < -0.39 is 0 Å². The van der Waals surface area contributed by atoms with Crippen LogP contribution in [0, 0.1) is 6.92 Å². The number of benzene rings is 2. The second-order valence-corrected chi connectivity index (χ2v) is 6.90. The Balaban J connectivity index is 1.63. The minimum absolute atomic E-state index is 0.0537. The van der Waals surface area contributed by atoms with Gasteiger partial charge in [0.25, 0.3) is 5.91 Å². The average molecular weight is 383 g/mol. The Bertz CT molecular complexity index is 1040. The van der Waals surface area contributed by atoms with Gasteiger partial charge in [-0.2, -0.15) is 0 Å². The summed E-state index contributed by atoms with van der Waals surface area (Å²) in [6.45, 7) is 5.13. The molecule has 4 rings (SSSR count). The van der Waals surface area contributed by atoms with E-state index in [9.17, 15) is 4.79 Å². The molecule has 0 atom stereocenters. The lowest BCUT2D eigenvalue weighted by Crippen LogP contribution is -2.31. The van der Waals surface area contributed by atoms with Gasteiger partial charge in [0.1, 0.15) is 0 Å². The molecule has 6 heteroatoms. The summed E-state index contributed by atoms with van der Waals surface area (Å²) in [6, 6.07) is 13.1. The molecule has 0 N–H and O–H groups in total. The van der Waals surface area contributed by atoms with Crippen LogP contribution in [0.15, 0.2) is 42.5 Å². The van der Waals surface area contributed by atoms with E-state index in [1.165, 1.54) is 0 Å². The van der Waals surface area contributed by atoms with Crippen molar-refractivity contribution in [1.82, 2.24) is 9.88 Å². The van der Waals surface area contributed by atoms with Crippen molar-refractivity contribution < 1.29 is 14.3 Å². The average Bonchev–Trinajstić information content (AvgIpc) is 3.13. The second kappa shape index (κ2) is 7.08. The van der Waals surface area contributed by atoms with Crippen LogP contribution < -0.4 is 9.47 Å². The maximum Gasteiger partial charge on any atom is 0.256 e. The third-order valence-electron chi connectivity index (χ3n) is 4.68. The number of hydrogen-bond acceptors (Lipinski definition) is 4. The summed E-state index contributed by atoms with van der Waals surface area (Å²) in [5.41, 5.74) is 3.11. The first-order chi connectivity index (χ1) is 13.0. The maximum absolute atomic E-state index is 13.2. The highest BCUT2D eigenvalue weighted by Crippen LogP contribution is 2.33. The zero-order chi connectivity index (χ0) is 19.0. The smallest absolute Gasteiger partial charge is 0.256 e. The minimum atomic E-state index is -0.0537. The Hall–Kier alpha value is -2.79. The van der Waals surface area contributed by atoms with E-state index in [0.29, 0.717) is 35.1 Å². The van der Waals surface area contributed by atoms with E-state index in [0.717, 1.165) is 22.2 Å². The number of carbonyl (C=O) groups is 1. The van der Waals surface area contributed by atoms with Gasteiger partial charge in [0.2, 0.25) is 6.79 Å². The standard InChI is InChI=1S/C21H19ClN2O3/c1-3-24(11-14-4-7-19-20(8-14)27-12-26-19)21(25)17-10-15-9-16(22)5-6-18(15)23-13(17)2/h4-10H,3,11-12H2,1-2H3. The van der Waals surface area contributed by atoms with Crippen molar-refractivity contribution in [3.8, 4) is 11.5 Å². The van der Waals surface area contributed by atoms with Crippen LogP contribution >= 0.6 is 11.6 Å². The van der Waals surface area contributed by atoms with Crippen molar-refractivity contribution in [3.63, 3.8) is 0 Å². The molecule has 0 saturated carbocycles. The number of rotatable bonds is 4. The van der Waals surface area contributed by atoms with Crippen LogP contribution in [0.5, 0.6) is 11.5 Å². The number of carbonyl (C=O) groups excluding carboxylic acids is 1. The fourth-order valence-corrected chi connectivity index (χ4v) is 3.40. The molecule has 1 amide bonds. The number of hydrogen-bond donors (Lipinski definition) is 0. The topological polar surface area (TPSA) is 51.7 Å². The van der Waals surface area contributed by atoms with E-state index in [1.807, 2.05) is 50.2 Å². The molecule has 27 heavy (non-hydrogen) atoms. The van der Waals surface area contributed by atoms with Crippen LogP contribution in [0.4, 0.5) is 0 Å². The van der Waals surface area contributed by atoms with Gasteiger partial charge in [0, 0.05) is 23.5 Å². The molecule has 1 aliphatic heterocycles. The van der Waals surface area contributed by atoms with Crippen molar-refractivity contribution in [2.75, 3.05) is 13.3 Å². The normalized spacial score (nSPS) is 12.4. The summed E-state index contributed by atoms with van der Waals surface area (Å²) in [4.78, 5) is 19.5. The van der Waals surface area contributed by atoms with Crippen LogP contribution in [-0.4, -0.2) is 29.1 Å². The number of amides is 1. The lowest BCUT2D eigenvalue weighted by molar-refractivity contribution is 0.0751. The molecule has 2 aromatic carbocycles. The zero-order valence-corrected chi connectivity index (χ0v) is 15.9. The molecule has 2 heterocycles. The highest BCUT2D eigenvalue weighted by molar-refractivity contribution is 6.31. The summed E-state index contributed by atoms with van der Waals surface area (Å²) in [7, 11) is 0. The summed E-state index contributed by atoms with van der Waals surface area (Å²) >= 11 is 6.09. The number of halogens is 1. The van der Waals surface area contributed by atoms with Crippen LogP contribution in [-0.2, 0) is 6.54 Å². The maximum atomic E-state index is 13.2. The van der Waals surface area contributed by atoms with Crippen LogP contribution in [0.3, 0.4) is 0 Å². The fourth-order valence-electron chi connectivity index (χ4n) is 3.22. The van der Waals surface area contributed by atoms with Crippen LogP contribution in [0.25, 0.3) is 10.9 Å². The molecule has 0 bridgehead atoms. The molecular weight excluding hydrogens is 364 g/mol. The van der Waals surface area contributed by atoms with Gasteiger partial charge in [0.15, 0.2) is 11.5 Å². The molecule has 0 spiro atoms. The Morgan fingerprint density at radius 2 is 1.96 bits per heavy atom. The molecule has 1 aromatic heterocycles. The molecule has 0 aliphatic carbocycles. The molecule has 0 unspecified atom stereocenters. The Labute approximate surface area is 162 Å². The monoisotopic (exact) mass is 382 g/mol. The van der Waals surface area contributed by atoms with Gasteiger partial charge in [-0.25, -0.2) is 0 Å². The Morgan fingerprint density at radius 3 is 2.78 bits per heavy atom. The van der Waals surface area contributed by atoms with Crippen molar-refractivity contribution in [2.24, 2.45) is 0 Å². The van der Waals surface area contributed by atoms with E-state index in [2.05, 4.69) is 4.98 Å². The minimum Gasteiger partial charge on any atom is -0.454 e. The SMILES string of the molecule is CCN(Cc1ccc2c(c1)OCO2)C(=O)c1cc2cc(Cl)ccc2nc1C. The number of aryl methyl sites for hydroxylation is 1.